The summed E-state index contributed by atoms with van der Waals surface area (Å²) >= 11 is 5.44. The molecular formula is C13H24N4O2S. The fourth-order valence-corrected chi connectivity index (χ4v) is 2.86. The molecule has 114 valence electrons. The van der Waals surface area contributed by atoms with Crippen LogP contribution in [-0.4, -0.2) is 50.7 Å². The minimum atomic E-state index is -0.0773. The van der Waals surface area contributed by atoms with Crippen LogP contribution in [0.5, 0.6) is 0 Å². The van der Waals surface area contributed by atoms with Gasteiger partial charge >= 0.3 is 0 Å². The molecule has 1 fully saturated rings. The Morgan fingerprint density at radius 2 is 2.35 bits per heavy atom. The van der Waals surface area contributed by atoms with Crippen molar-refractivity contribution in [1.82, 2.24) is 19.2 Å². The van der Waals surface area contributed by atoms with Gasteiger partial charge in [0.25, 0.3) is 0 Å². The number of rotatable bonds is 7. The first-order valence-corrected chi connectivity index (χ1v) is 7.64. The summed E-state index contributed by atoms with van der Waals surface area (Å²) in [5.74, 6) is 0.641. The summed E-state index contributed by atoms with van der Waals surface area (Å²) in [5, 5.41) is 13.8. The van der Waals surface area contributed by atoms with E-state index in [0.29, 0.717) is 23.4 Å². The standard InChI is InChI=1S/C13H24N4O2S/c1-3-6-16-12(9-18)14-17(13(16)20)10-15(2)8-11-5-4-7-19-11/h11,18H,3-10H2,1-2H3. The van der Waals surface area contributed by atoms with E-state index in [1.165, 1.54) is 0 Å². The maximum Gasteiger partial charge on any atom is 0.199 e. The number of aliphatic hydroxyl groups is 1. The molecule has 20 heavy (non-hydrogen) atoms. The van der Waals surface area contributed by atoms with Crippen LogP contribution in [0.4, 0.5) is 0 Å². The molecule has 0 radical (unpaired) electrons. The zero-order valence-corrected chi connectivity index (χ0v) is 13.1. The Balaban J connectivity index is 2.02. The smallest absolute Gasteiger partial charge is 0.199 e. The maximum absolute atomic E-state index is 9.37. The van der Waals surface area contributed by atoms with Gasteiger partial charge in [0.05, 0.1) is 12.8 Å². The van der Waals surface area contributed by atoms with Crippen molar-refractivity contribution in [2.24, 2.45) is 0 Å². The minimum absolute atomic E-state index is 0.0773. The van der Waals surface area contributed by atoms with Crippen molar-refractivity contribution in [2.45, 2.75) is 52.1 Å². The van der Waals surface area contributed by atoms with E-state index in [1.54, 1.807) is 4.68 Å². The number of aromatic nitrogens is 3. The van der Waals surface area contributed by atoms with E-state index in [0.717, 1.165) is 39.0 Å². The van der Waals surface area contributed by atoms with E-state index in [2.05, 4.69) is 16.9 Å². The fraction of sp³-hybridized carbons (Fsp3) is 0.846. The molecule has 0 amide bonds. The van der Waals surface area contributed by atoms with Crippen molar-refractivity contribution in [2.75, 3.05) is 20.2 Å². The second-order valence-electron chi connectivity index (χ2n) is 5.32. The average Bonchev–Trinajstić information content (AvgIpc) is 3.02. The molecule has 0 aliphatic carbocycles. The van der Waals surface area contributed by atoms with E-state index in [9.17, 15) is 5.11 Å². The van der Waals surface area contributed by atoms with Gasteiger partial charge in [-0.1, -0.05) is 6.92 Å². The Hall–Kier alpha value is -0.760. The number of nitrogens with zero attached hydrogens (tertiary/aromatic N) is 4. The van der Waals surface area contributed by atoms with E-state index >= 15 is 0 Å². The summed E-state index contributed by atoms with van der Waals surface area (Å²) in [6.45, 7) is 5.19. The van der Waals surface area contributed by atoms with Crippen LogP contribution in [0, 0.1) is 4.77 Å². The molecule has 1 unspecified atom stereocenters. The molecule has 1 saturated heterocycles. The highest BCUT2D eigenvalue weighted by molar-refractivity contribution is 7.71. The summed E-state index contributed by atoms with van der Waals surface area (Å²) in [7, 11) is 2.04. The Morgan fingerprint density at radius 3 is 2.95 bits per heavy atom. The van der Waals surface area contributed by atoms with E-state index < -0.39 is 0 Å². The third-order valence-electron chi connectivity index (χ3n) is 3.50. The van der Waals surface area contributed by atoms with Crippen LogP contribution in [0.2, 0.25) is 0 Å². The maximum atomic E-state index is 9.37. The molecule has 1 N–H and O–H groups in total. The molecule has 0 saturated carbocycles. The third kappa shape index (κ3) is 3.66. The molecule has 0 bridgehead atoms. The second-order valence-corrected chi connectivity index (χ2v) is 5.69. The SMILES string of the molecule is CCCn1c(CO)nn(CN(C)CC2CCCO2)c1=S. The lowest BCUT2D eigenvalue weighted by Gasteiger charge is -2.20. The van der Waals surface area contributed by atoms with Gasteiger partial charge in [0.1, 0.15) is 6.61 Å². The number of likely N-dealkylation sites (N-methyl/N-ethyl adjacent to an activating group) is 1. The van der Waals surface area contributed by atoms with Crippen molar-refractivity contribution in [1.29, 1.82) is 0 Å². The molecule has 1 aliphatic heterocycles. The van der Waals surface area contributed by atoms with Gasteiger partial charge in [-0.05, 0) is 38.5 Å². The van der Waals surface area contributed by atoms with Crippen LogP contribution in [0.1, 0.15) is 32.0 Å². The molecule has 7 heteroatoms. The zero-order chi connectivity index (χ0) is 14.5. The summed E-state index contributed by atoms with van der Waals surface area (Å²) in [6.07, 6.45) is 3.57. The molecule has 6 nitrogen and oxygen atoms in total. The number of hydrogen-bond donors (Lipinski definition) is 1. The monoisotopic (exact) mass is 300 g/mol. The van der Waals surface area contributed by atoms with Gasteiger partial charge in [-0.2, -0.15) is 5.10 Å². The summed E-state index contributed by atoms with van der Waals surface area (Å²) in [6, 6.07) is 0. The fourth-order valence-electron chi connectivity index (χ4n) is 2.57. The molecule has 1 atom stereocenters. The zero-order valence-electron chi connectivity index (χ0n) is 12.3. The van der Waals surface area contributed by atoms with E-state index in [-0.39, 0.29) is 6.61 Å². The predicted molar refractivity (Wildman–Crippen MR) is 78.9 cm³/mol. The number of hydrogen-bond acceptors (Lipinski definition) is 5. The van der Waals surface area contributed by atoms with Crippen LogP contribution >= 0.6 is 12.2 Å². The van der Waals surface area contributed by atoms with Gasteiger partial charge in [0.2, 0.25) is 0 Å². The van der Waals surface area contributed by atoms with Crippen molar-refractivity contribution < 1.29 is 9.84 Å². The molecule has 0 aromatic carbocycles. The van der Waals surface area contributed by atoms with Crippen LogP contribution in [0.15, 0.2) is 0 Å². The molecule has 1 aromatic heterocycles. The van der Waals surface area contributed by atoms with Crippen molar-refractivity contribution in [3.05, 3.63) is 10.6 Å². The Morgan fingerprint density at radius 1 is 1.55 bits per heavy atom. The first-order chi connectivity index (χ1) is 9.65. The van der Waals surface area contributed by atoms with Gasteiger partial charge in [-0.15, -0.1) is 0 Å². The van der Waals surface area contributed by atoms with Gasteiger partial charge in [0.15, 0.2) is 10.6 Å². The quantitative estimate of drug-likeness (QED) is 0.771. The highest BCUT2D eigenvalue weighted by atomic mass is 32.1. The van der Waals surface area contributed by atoms with Crippen LogP contribution in [-0.2, 0) is 24.6 Å². The van der Waals surface area contributed by atoms with Crippen molar-refractivity contribution in [3.63, 3.8) is 0 Å². The second kappa shape index (κ2) is 7.31. The molecule has 2 heterocycles. The number of ether oxygens (including phenoxy) is 1. The largest absolute Gasteiger partial charge is 0.388 e. The Labute approximate surface area is 125 Å². The van der Waals surface area contributed by atoms with Crippen molar-refractivity contribution in [3.8, 4) is 0 Å². The molecule has 2 rings (SSSR count). The van der Waals surface area contributed by atoms with E-state index in [1.807, 2.05) is 11.6 Å². The third-order valence-corrected chi connectivity index (χ3v) is 3.93. The first kappa shape index (κ1) is 15.6. The summed E-state index contributed by atoms with van der Waals surface area (Å²) < 4.78 is 10.0. The molecule has 1 aliphatic rings. The normalized spacial score (nSPS) is 19.1. The first-order valence-electron chi connectivity index (χ1n) is 7.23. The molecular weight excluding hydrogens is 276 g/mol. The van der Waals surface area contributed by atoms with Gasteiger partial charge in [0, 0.05) is 19.7 Å². The van der Waals surface area contributed by atoms with Gasteiger partial charge in [-0.25, -0.2) is 4.68 Å². The summed E-state index contributed by atoms with van der Waals surface area (Å²) in [4.78, 5) is 2.16. The average molecular weight is 300 g/mol. The van der Waals surface area contributed by atoms with Crippen LogP contribution < -0.4 is 0 Å². The lowest BCUT2D eigenvalue weighted by molar-refractivity contribution is 0.0706. The van der Waals surface area contributed by atoms with Gasteiger partial charge in [-0.3, -0.25) is 4.90 Å². The minimum Gasteiger partial charge on any atom is -0.388 e. The van der Waals surface area contributed by atoms with Crippen molar-refractivity contribution >= 4 is 12.2 Å². The Kier molecular flexibility index (Phi) is 5.71. The predicted octanol–water partition coefficient (Wildman–Crippen LogP) is 1.38. The lowest BCUT2D eigenvalue weighted by Crippen LogP contribution is -2.31. The topological polar surface area (TPSA) is 55.5 Å². The van der Waals surface area contributed by atoms with Gasteiger partial charge < -0.3 is 14.4 Å². The lowest BCUT2D eigenvalue weighted by atomic mass is 10.2. The molecule has 0 spiro atoms. The highest BCUT2D eigenvalue weighted by Crippen LogP contribution is 2.13. The summed E-state index contributed by atoms with van der Waals surface area (Å²) in [5.41, 5.74) is 0. The van der Waals surface area contributed by atoms with E-state index in [4.69, 9.17) is 17.0 Å². The Bertz CT molecular complexity index is 479. The highest BCUT2D eigenvalue weighted by Gasteiger charge is 2.18. The number of aliphatic hydroxyl groups excluding tert-OH is 1. The molecule has 1 aromatic rings. The van der Waals surface area contributed by atoms with Crippen LogP contribution in [0.25, 0.3) is 0 Å². The van der Waals surface area contributed by atoms with Crippen LogP contribution in [0.3, 0.4) is 0 Å².